The second-order valence-corrected chi connectivity index (χ2v) is 7.11. The summed E-state index contributed by atoms with van der Waals surface area (Å²) in [4.78, 5) is 28.6. The normalized spacial score (nSPS) is 22.5. The maximum absolute atomic E-state index is 12.7. The van der Waals surface area contributed by atoms with E-state index in [0.29, 0.717) is 18.0 Å². The van der Waals surface area contributed by atoms with E-state index in [9.17, 15) is 9.59 Å². The smallest absolute Gasteiger partial charge is 0.245 e. The number of likely N-dealkylation sites (tertiary alicyclic amines) is 1. The van der Waals surface area contributed by atoms with Crippen molar-refractivity contribution in [2.75, 3.05) is 23.8 Å². The molecule has 0 saturated carbocycles. The monoisotopic (exact) mass is 350 g/mol. The third-order valence-corrected chi connectivity index (χ3v) is 4.86. The molecule has 7 heteroatoms. The first kappa shape index (κ1) is 16.9. The molecule has 24 heavy (non-hydrogen) atoms. The first-order valence-electron chi connectivity index (χ1n) is 8.28. The Labute approximate surface area is 147 Å². The largest absolute Gasteiger partial charge is 0.347 e. The molecule has 2 atom stereocenters. The van der Waals surface area contributed by atoms with Crippen LogP contribution in [0.1, 0.15) is 26.7 Å². The zero-order valence-electron chi connectivity index (χ0n) is 14.2. The number of amides is 2. The van der Waals surface area contributed by atoms with Crippen LogP contribution >= 0.6 is 11.6 Å². The summed E-state index contributed by atoms with van der Waals surface area (Å²) in [6, 6.07) is 5.19. The first-order chi connectivity index (χ1) is 11.4. The predicted octanol–water partition coefficient (Wildman–Crippen LogP) is 2.25. The molecule has 2 aliphatic rings. The second kappa shape index (κ2) is 6.51. The number of halogens is 1. The molecule has 3 rings (SSSR count). The van der Waals surface area contributed by atoms with Crippen molar-refractivity contribution in [3.8, 4) is 0 Å². The molecule has 1 saturated heterocycles. The molecule has 6 nitrogen and oxygen atoms in total. The van der Waals surface area contributed by atoms with Gasteiger partial charge in [0.1, 0.15) is 6.04 Å². The number of benzene rings is 1. The van der Waals surface area contributed by atoms with E-state index in [1.165, 1.54) is 0 Å². The van der Waals surface area contributed by atoms with Crippen LogP contribution in [-0.2, 0) is 9.59 Å². The molecule has 1 fully saturated rings. The van der Waals surface area contributed by atoms with E-state index in [0.717, 1.165) is 17.8 Å². The Morgan fingerprint density at radius 2 is 2.12 bits per heavy atom. The number of anilines is 2. The summed E-state index contributed by atoms with van der Waals surface area (Å²) in [5.74, 6) is -0.183. The fraction of sp³-hybridized carbons (Fsp3) is 0.529. The van der Waals surface area contributed by atoms with E-state index < -0.39 is 0 Å². The molecule has 130 valence electrons. The number of hydrogen-bond acceptors (Lipinski definition) is 4. The van der Waals surface area contributed by atoms with Crippen LogP contribution in [0.15, 0.2) is 18.2 Å². The number of carbonyl (C=O) groups excluding carboxylic acids is 2. The summed E-state index contributed by atoms with van der Waals surface area (Å²) < 4.78 is 0. The van der Waals surface area contributed by atoms with Gasteiger partial charge in [-0.1, -0.05) is 25.4 Å². The van der Waals surface area contributed by atoms with Gasteiger partial charge < -0.3 is 20.4 Å². The third-order valence-electron chi connectivity index (χ3n) is 4.63. The zero-order valence-corrected chi connectivity index (χ0v) is 14.9. The first-order valence-corrected chi connectivity index (χ1v) is 8.66. The molecule has 0 aromatic heterocycles. The summed E-state index contributed by atoms with van der Waals surface area (Å²) in [6.45, 7) is 4.38. The van der Waals surface area contributed by atoms with Crippen LogP contribution in [0.4, 0.5) is 11.4 Å². The van der Waals surface area contributed by atoms with Crippen molar-refractivity contribution in [3.05, 3.63) is 23.2 Å². The van der Waals surface area contributed by atoms with Gasteiger partial charge in [-0.05, 0) is 31.0 Å². The predicted molar refractivity (Wildman–Crippen MR) is 95.0 cm³/mol. The highest BCUT2D eigenvalue weighted by Crippen LogP contribution is 2.34. The topological polar surface area (TPSA) is 64.7 Å². The molecule has 2 heterocycles. The van der Waals surface area contributed by atoms with Crippen LogP contribution in [0.25, 0.3) is 0 Å². The number of nitrogens with one attached hydrogen (secondary N) is 2. The number of nitrogens with zero attached hydrogens (tertiary/aromatic N) is 2. The fourth-order valence-corrected chi connectivity index (χ4v) is 3.49. The molecule has 1 aromatic carbocycles. The molecule has 2 amide bonds. The van der Waals surface area contributed by atoms with Crippen molar-refractivity contribution in [2.24, 2.45) is 5.92 Å². The summed E-state index contributed by atoms with van der Waals surface area (Å²) in [5, 5.41) is 6.90. The molecule has 0 aliphatic carbocycles. The van der Waals surface area contributed by atoms with E-state index in [1.54, 1.807) is 4.90 Å². The Morgan fingerprint density at radius 1 is 1.38 bits per heavy atom. The number of hydrogen-bond donors (Lipinski definition) is 2. The van der Waals surface area contributed by atoms with Crippen LogP contribution in [-0.4, -0.2) is 42.6 Å². The standard InChI is InChI=1S/C17H23ClN4O2/c1-10(2)16(24)22-8-4-5-14(22)15(23)20-17-19-12-9-11(18)6-7-13(12)21(17)3/h6-7,9-10,14,17,19H,4-5,8H2,1-3H3,(H,20,23). The zero-order chi connectivity index (χ0) is 17.4. The average molecular weight is 351 g/mol. The number of carbonyl (C=O) groups is 2. The molecule has 2 N–H and O–H groups in total. The van der Waals surface area contributed by atoms with Gasteiger partial charge in [-0.2, -0.15) is 0 Å². The van der Waals surface area contributed by atoms with Crippen LogP contribution in [0, 0.1) is 5.92 Å². The minimum Gasteiger partial charge on any atom is -0.347 e. The Balaban J connectivity index is 1.68. The summed E-state index contributed by atoms with van der Waals surface area (Å²) >= 11 is 6.02. The minimum atomic E-state index is -0.387. The fourth-order valence-electron chi connectivity index (χ4n) is 3.31. The molecular formula is C17H23ClN4O2. The van der Waals surface area contributed by atoms with Gasteiger partial charge in [0.25, 0.3) is 0 Å². The average Bonchev–Trinajstić information content (AvgIpc) is 3.12. The van der Waals surface area contributed by atoms with Crippen molar-refractivity contribution in [1.82, 2.24) is 10.2 Å². The molecular weight excluding hydrogens is 328 g/mol. The van der Waals surface area contributed by atoms with Gasteiger partial charge in [0.05, 0.1) is 11.4 Å². The Morgan fingerprint density at radius 3 is 2.83 bits per heavy atom. The van der Waals surface area contributed by atoms with Crippen LogP contribution in [0.2, 0.25) is 5.02 Å². The molecule has 2 unspecified atom stereocenters. The van der Waals surface area contributed by atoms with Gasteiger partial charge >= 0.3 is 0 Å². The highest BCUT2D eigenvalue weighted by Gasteiger charge is 2.37. The van der Waals surface area contributed by atoms with E-state index in [2.05, 4.69) is 10.6 Å². The summed E-state index contributed by atoms with van der Waals surface area (Å²) in [7, 11) is 1.91. The minimum absolute atomic E-state index is 0.0375. The van der Waals surface area contributed by atoms with E-state index in [-0.39, 0.29) is 30.1 Å². The molecule has 1 aromatic rings. The number of rotatable bonds is 3. The van der Waals surface area contributed by atoms with Gasteiger partial charge in [-0.3, -0.25) is 9.59 Å². The maximum Gasteiger partial charge on any atom is 0.245 e. The Kier molecular flexibility index (Phi) is 4.58. The van der Waals surface area contributed by atoms with Gasteiger partial charge in [0.2, 0.25) is 11.8 Å². The van der Waals surface area contributed by atoms with Crippen molar-refractivity contribution in [1.29, 1.82) is 0 Å². The highest BCUT2D eigenvalue weighted by atomic mass is 35.5. The quantitative estimate of drug-likeness (QED) is 0.877. The Bertz CT molecular complexity index is 664. The SMILES string of the molecule is CC(C)C(=O)N1CCCC1C(=O)NC1Nc2cc(Cl)ccc2N1C. The van der Waals surface area contributed by atoms with Gasteiger partial charge in [0, 0.05) is 24.5 Å². The maximum atomic E-state index is 12.7. The van der Waals surface area contributed by atoms with Crippen LogP contribution in [0.3, 0.4) is 0 Å². The molecule has 2 aliphatic heterocycles. The van der Waals surface area contributed by atoms with E-state index >= 15 is 0 Å². The second-order valence-electron chi connectivity index (χ2n) is 6.67. The lowest BCUT2D eigenvalue weighted by atomic mass is 10.1. The third kappa shape index (κ3) is 3.02. The highest BCUT2D eigenvalue weighted by molar-refractivity contribution is 6.31. The lowest BCUT2D eigenvalue weighted by Gasteiger charge is -2.29. The summed E-state index contributed by atoms with van der Waals surface area (Å²) in [6.07, 6.45) is 1.22. The van der Waals surface area contributed by atoms with E-state index in [4.69, 9.17) is 11.6 Å². The molecule has 0 radical (unpaired) electrons. The van der Waals surface area contributed by atoms with Crippen LogP contribution < -0.4 is 15.5 Å². The van der Waals surface area contributed by atoms with E-state index in [1.807, 2.05) is 44.0 Å². The van der Waals surface area contributed by atoms with Crippen molar-refractivity contribution in [3.63, 3.8) is 0 Å². The molecule has 0 spiro atoms. The van der Waals surface area contributed by atoms with Gasteiger partial charge in [-0.25, -0.2) is 0 Å². The number of fused-ring (bicyclic) bond motifs is 1. The lowest BCUT2D eigenvalue weighted by Crippen LogP contribution is -2.54. The van der Waals surface area contributed by atoms with Gasteiger partial charge in [-0.15, -0.1) is 0 Å². The Hall–Kier alpha value is -1.95. The van der Waals surface area contributed by atoms with Crippen LogP contribution in [0.5, 0.6) is 0 Å². The van der Waals surface area contributed by atoms with Gasteiger partial charge in [0.15, 0.2) is 6.29 Å². The summed E-state index contributed by atoms with van der Waals surface area (Å²) in [5.41, 5.74) is 1.86. The van der Waals surface area contributed by atoms with Crippen molar-refractivity contribution in [2.45, 2.75) is 39.0 Å². The lowest BCUT2D eigenvalue weighted by molar-refractivity contribution is -0.140. The van der Waals surface area contributed by atoms with Crippen molar-refractivity contribution < 1.29 is 9.59 Å². The van der Waals surface area contributed by atoms with Crippen molar-refractivity contribution >= 4 is 34.8 Å². The molecule has 0 bridgehead atoms.